The molecule has 2 fully saturated rings. The molecule has 0 aliphatic heterocycles. The van der Waals surface area contributed by atoms with Gasteiger partial charge < -0.3 is 9.84 Å². The summed E-state index contributed by atoms with van der Waals surface area (Å²) in [7, 11) is 0. The molecule has 2 aliphatic rings. The number of hydrogen-bond donors (Lipinski definition) is 1. The molecule has 3 rings (SSSR count). The second-order valence-electron chi connectivity index (χ2n) is 9.83. The molecular weight excluding hydrogens is 348 g/mol. The van der Waals surface area contributed by atoms with Crippen molar-refractivity contribution in [3.8, 4) is 5.75 Å². The van der Waals surface area contributed by atoms with Crippen LogP contribution in [0.25, 0.3) is 0 Å². The summed E-state index contributed by atoms with van der Waals surface area (Å²) in [4.78, 5) is 12.6. The zero-order valence-electron chi connectivity index (χ0n) is 18.1. The fraction of sp³-hybridized carbons (Fsp3) is 0.720. The van der Waals surface area contributed by atoms with Crippen molar-refractivity contribution in [1.29, 1.82) is 0 Å². The van der Waals surface area contributed by atoms with Crippen molar-refractivity contribution in [3.05, 3.63) is 29.8 Å². The predicted molar refractivity (Wildman–Crippen MR) is 113 cm³/mol. The maximum atomic E-state index is 12.6. The molecule has 0 spiro atoms. The SMILES string of the molecule is CC(C)CCC[C@@H](C)[C@H]1CC[C@@H]2C1[C@H](C)CC[C@@H]2OC(=O)c1cccc(O)c1. The molecule has 1 aromatic rings. The highest BCUT2D eigenvalue weighted by Crippen LogP contribution is 2.52. The molecule has 2 aliphatic carbocycles. The molecule has 0 saturated heterocycles. The van der Waals surface area contributed by atoms with Crippen molar-refractivity contribution >= 4 is 5.97 Å². The number of carbonyl (C=O) groups is 1. The van der Waals surface area contributed by atoms with Gasteiger partial charge in [-0.25, -0.2) is 4.79 Å². The summed E-state index contributed by atoms with van der Waals surface area (Å²) < 4.78 is 5.99. The molecule has 3 nitrogen and oxygen atoms in total. The van der Waals surface area contributed by atoms with Crippen LogP contribution >= 0.6 is 0 Å². The van der Waals surface area contributed by atoms with E-state index in [1.165, 1.54) is 38.2 Å². The normalized spacial score (nSPS) is 30.8. The average molecular weight is 387 g/mol. The zero-order valence-corrected chi connectivity index (χ0v) is 18.1. The summed E-state index contributed by atoms with van der Waals surface area (Å²) in [5.74, 6) is 4.06. The molecule has 1 N–H and O–H groups in total. The van der Waals surface area contributed by atoms with Gasteiger partial charge in [-0.1, -0.05) is 53.0 Å². The van der Waals surface area contributed by atoms with Gasteiger partial charge in [0.05, 0.1) is 5.56 Å². The molecule has 0 aromatic heterocycles. The molecule has 1 aromatic carbocycles. The molecule has 3 heteroatoms. The maximum absolute atomic E-state index is 12.6. The van der Waals surface area contributed by atoms with Gasteiger partial charge in [-0.15, -0.1) is 0 Å². The van der Waals surface area contributed by atoms with E-state index in [-0.39, 0.29) is 17.8 Å². The van der Waals surface area contributed by atoms with Crippen molar-refractivity contribution in [1.82, 2.24) is 0 Å². The fourth-order valence-corrected chi connectivity index (χ4v) is 5.91. The fourth-order valence-electron chi connectivity index (χ4n) is 5.91. The van der Waals surface area contributed by atoms with Gasteiger partial charge >= 0.3 is 5.97 Å². The first-order valence-electron chi connectivity index (χ1n) is 11.4. The Labute approximate surface area is 170 Å². The number of esters is 1. The van der Waals surface area contributed by atoms with E-state index in [1.54, 1.807) is 18.2 Å². The van der Waals surface area contributed by atoms with Crippen LogP contribution in [0.5, 0.6) is 5.75 Å². The minimum Gasteiger partial charge on any atom is -0.508 e. The van der Waals surface area contributed by atoms with Crippen LogP contribution < -0.4 is 0 Å². The molecule has 6 atom stereocenters. The van der Waals surface area contributed by atoms with Crippen molar-refractivity contribution in [2.45, 2.75) is 78.7 Å². The van der Waals surface area contributed by atoms with E-state index in [0.717, 1.165) is 36.5 Å². The van der Waals surface area contributed by atoms with Crippen LogP contribution in [-0.4, -0.2) is 17.2 Å². The topological polar surface area (TPSA) is 46.5 Å². The molecule has 156 valence electrons. The molecular formula is C25H38O3. The highest BCUT2D eigenvalue weighted by atomic mass is 16.5. The van der Waals surface area contributed by atoms with E-state index in [2.05, 4.69) is 27.7 Å². The second-order valence-corrected chi connectivity index (χ2v) is 9.83. The Morgan fingerprint density at radius 3 is 2.64 bits per heavy atom. The van der Waals surface area contributed by atoms with Crippen molar-refractivity contribution in [2.24, 2.45) is 35.5 Å². The van der Waals surface area contributed by atoms with Gasteiger partial charge in [0, 0.05) is 0 Å². The number of phenols is 1. The van der Waals surface area contributed by atoms with E-state index in [4.69, 9.17) is 4.74 Å². The summed E-state index contributed by atoms with van der Waals surface area (Å²) in [6.07, 6.45) is 8.60. The van der Waals surface area contributed by atoms with Gasteiger partial charge in [0.1, 0.15) is 11.9 Å². The van der Waals surface area contributed by atoms with Gasteiger partial charge in [-0.2, -0.15) is 0 Å². The first-order chi connectivity index (χ1) is 13.4. The Morgan fingerprint density at radius 1 is 1.14 bits per heavy atom. The smallest absolute Gasteiger partial charge is 0.338 e. The number of benzene rings is 1. The van der Waals surface area contributed by atoms with Crippen LogP contribution in [0.3, 0.4) is 0 Å². The first-order valence-corrected chi connectivity index (χ1v) is 11.4. The van der Waals surface area contributed by atoms with Gasteiger partial charge in [0.25, 0.3) is 0 Å². The molecule has 0 amide bonds. The number of aromatic hydroxyl groups is 1. The summed E-state index contributed by atoms with van der Waals surface area (Å²) in [6.45, 7) is 9.47. The van der Waals surface area contributed by atoms with Crippen LogP contribution in [-0.2, 0) is 4.74 Å². The van der Waals surface area contributed by atoms with Crippen LogP contribution in [0.2, 0.25) is 0 Å². The third-order valence-electron chi connectivity index (χ3n) is 7.38. The van der Waals surface area contributed by atoms with Crippen LogP contribution in [0.15, 0.2) is 24.3 Å². The highest BCUT2D eigenvalue weighted by molar-refractivity contribution is 5.89. The Balaban J connectivity index is 1.63. The molecule has 1 unspecified atom stereocenters. The lowest BCUT2D eigenvalue weighted by Crippen LogP contribution is -2.40. The molecule has 28 heavy (non-hydrogen) atoms. The summed E-state index contributed by atoms with van der Waals surface area (Å²) in [5, 5.41) is 9.65. The minimum atomic E-state index is -0.289. The molecule has 0 radical (unpaired) electrons. The lowest BCUT2D eigenvalue weighted by molar-refractivity contribution is -0.0282. The number of hydrogen-bond acceptors (Lipinski definition) is 3. The van der Waals surface area contributed by atoms with Gasteiger partial charge in [0.15, 0.2) is 0 Å². The Bertz CT molecular complexity index is 653. The lowest BCUT2D eigenvalue weighted by Gasteiger charge is -2.41. The third kappa shape index (κ3) is 4.90. The standard InChI is InChI=1S/C25H38O3/c1-16(2)7-5-8-17(3)21-12-13-22-23(14-11-18(4)24(21)22)28-25(27)19-9-6-10-20(26)15-19/h6,9-10,15-18,21-24,26H,5,7-8,11-14H2,1-4H3/t17-,18-,21-,22+,23+,24?/m1/s1. The van der Waals surface area contributed by atoms with Crippen molar-refractivity contribution in [2.75, 3.05) is 0 Å². The van der Waals surface area contributed by atoms with Gasteiger partial charge in [0.2, 0.25) is 0 Å². The maximum Gasteiger partial charge on any atom is 0.338 e. The van der Waals surface area contributed by atoms with Crippen LogP contribution in [0.1, 0.15) is 83.0 Å². The van der Waals surface area contributed by atoms with Crippen LogP contribution in [0.4, 0.5) is 0 Å². The number of rotatable bonds is 7. The number of fused-ring (bicyclic) bond motifs is 1. The Morgan fingerprint density at radius 2 is 1.93 bits per heavy atom. The number of ether oxygens (including phenoxy) is 1. The lowest BCUT2D eigenvalue weighted by atomic mass is 9.67. The van der Waals surface area contributed by atoms with Gasteiger partial charge in [-0.05, 0) is 79.4 Å². The second kappa shape index (κ2) is 9.33. The number of carbonyl (C=O) groups excluding carboxylic acids is 1. The quantitative estimate of drug-likeness (QED) is 0.548. The van der Waals surface area contributed by atoms with Crippen molar-refractivity contribution in [3.63, 3.8) is 0 Å². The zero-order chi connectivity index (χ0) is 20.3. The van der Waals surface area contributed by atoms with E-state index in [0.29, 0.717) is 17.4 Å². The predicted octanol–water partition coefficient (Wildman–Crippen LogP) is 6.45. The highest BCUT2D eigenvalue weighted by Gasteiger charge is 2.48. The molecule has 2 saturated carbocycles. The van der Waals surface area contributed by atoms with E-state index in [1.807, 2.05) is 0 Å². The summed E-state index contributed by atoms with van der Waals surface area (Å²) in [5.41, 5.74) is 0.451. The van der Waals surface area contributed by atoms with E-state index in [9.17, 15) is 9.90 Å². The first kappa shape index (κ1) is 21.2. The molecule has 0 heterocycles. The minimum absolute atomic E-state index is 0.0314. The number of phenolic OH excluding ortho intramolecular Hbond substituents is 1. The largest absolute Gasteiger partial charge is 0.508 e. The third-order valence-corrected chi connectivity index (χ3v) is 7.38. The summed E-state index contributed by atoms with van der Waals surface area (Å²) >= 11 is 0. The van der Waals surface area contributed by atoms with Crippen molar-refractivity contribution < 1.29 is 14.6 Å². The van der Waals surface area contributed by atoms with E-state index >= 15 is 0 Å². The Hall–Kier alpha value is -1.51. The molecule has 0 bridgehead atoms. The van der Waals surface area contributed by atoms with Gasteiger partial charge in [-0.3, -0.25) is 0 Å². The summed E-state index contributed by atoms with van der Waals surface area (Å²) in [6, 6.07) is 6.50. The van der Waals surface area contributed by atoms with E-state index < -0.39 is 0 Å². The monoisotopic (exact) mass is 386 g/mol. The average Bonchev–Trinajstić information content (AvgIpc) is 3.10. The van der Waals surface area contributed by atoms with Crippen LogP contribution in [0, 0.1) is 35.5 Å². The Kier molecular flexibility index (Phi) is 7.06.